The van der Waals surface area contributed by atoms with Crippen molar-refractivity contribution in [2.75, 3.05) is 22.1 Å². The van der Waals surface area contributed by atoms with Gasteiger partial charge in [-0.1, -0.05) is 0 Å². The molecule has 10 heteroatoms. The number of aliphatic hydroxyl groups is 1. The number of amides is 3. The maximum absolute atomic E-state index is 12.4. The molecule has 2 unspecified atom stereocenters. The largest absolute Gasteiger partial charge is 0.444 e. The second-order valence-corrected chi connectivity index (χ2v) is 9.27. The molecule has 0 bridgehead atoms. The van der Waals surface area contributed by atoms with Gasteiger partial charge in [-0.2, -0.15) is 5.26 Å². The highest BCUT2D eigenvalue weighted by molar-refractivity contribution is 6.07. The van der Waals surface area contributed by atoms with E-state index in [9.17, 15) is 19.5 Å². The number of nitriles is 1. The first-order chi connectivity index (χ1) is 15.6. The summed E-state index contributed by atoms with van der Waals surface area (Å²) in [5.74, 6) is -1.00. The number of fused-ring (bicyclic) bond motifs is 1. The number of aromatic nitrogens is 1. The SMILES string of the molecule is CC(C)(C)OC(=O)Nc1cc(N2CC[C@H](O)C2=O)cc2cc(NC(=O)C3CC3C#N)ncc12. The Morgan fingerprint density at radius 1 is 1.27 bits per heavy atom. The van der Waals surface area contributed by atoms with E-state index in [2.05, 4.69) is 21.7 Å². The van der Waals surface area contributed by atoms with Gasteiger partial charge in [-0.15, -0.1) is 0 Å². The van der Waals surface area contributed by atoms with Crippen molar-refractivity contribution in [1.82, 2.24) is 4.98 Å². The number of hydrogen-bond acceptors (Lipinski definition) is 7. The Kier molecular flexibility index (Phi) is 5.68. The van der Waals surface area contributed by atoms with Gasteiger partial charge in [0.15, 0.2) is 0 Å². The molecule has 1 aromatic heterocycles. The van der Waals surface area contributed by atoms with Crippen LogP contribution in [0.4, 0.5) is 22.0 Å². The van der Waals surface area contributed by atoms with Crippen LogP contribution in [-0.2, 0) is 14.3 Å². The van der Waals surface area contributed by atoms with Crippen molar-refractivity contribution < 1.29 is 24.2 Å². The summed E-state index contributed by atoms with van der Waals surface area (Å²) in [4.78, 5) is 42.9. The number of hydrogen-bond donors (Lipinski definition) is 3. The third-order valence-corrected chi connectivity index (χ3v) is 5.49. The zero-order valence-electron chi connectivity index (χ0n) is 18.6. The lowest BCUT2D eigenvalue weighted by Gasteiger charge is -2.22. The Bertz CT molecular complexity index is 1180. The van der Waals surface area contributed by atoms with Crippen LogP contribution in [0.25, 0.3) is 10.8 Å². The van der Waals surface area contributed by atoms with Crippen LogP contribution in [0.3, 0.4) is 0 Å². The number of pyridine rings is 1. The Labute approximate surface area is 190 Å². The standard InChI is InChI=1S/C23H25N5O5/c1-23(2,3)33-22(32)26-17-9-14(28-5-4-18(29)21(28)31)6-12-8-19(25-11-16(12)17)27-20(30)15-7-13(15)10-24/h6,8-9,11,13,15,18,29H,4-5,7H2,1-3H3,(H,26,32)(H,25,27,30)/t13?,15?,18-/m0/s1. The number of nitrogens with zero attached hydrogens (tertiary/aromatic N) is 3. The molecule has 0 radical (unpaired) electrons. The summed E-state index contributed by atoms with van der Waals surface area (Å²) in [5.41, 5.74) is 0.167. The van der Waals surface area contributed by atoms with Crippen LogP contribution in [0.2, 0.25) is 0 Å². The summed E-state index contributed by atoms with van der Waals surface area (Å²) >= 11 is 0. The van der Waals surface area contributed by atoms with Gasteiger partial charge in [0.25, 0.3) is 5.91 Å². The van der Waals surface area contributed by atoms with Gasteiger partial charge >= 0.3 is 6.09 Å². The van der Waals surface area contributed by atoms with Crippen LogP contribution in [0.1, 0.15) is 33.6 Å². The number of anilines is 3. The third kappa shape index (κ3) is 4.88. The molecule has 3 N–H and O–H groups in total. The van der Waals surface area contributed by atoms with E-state index in [1.807, 2.05) is 0 Å². The first-order valence-electron chi connectivity index (χ1n) is 10.7. The molecule has 2 aromatic rings. The van der Waals surface area contributed by atoms with Crippen molar-refractivity contribution in [3.8, 4) is 6.07 Å². The quantitative estimate of drug-likeness (QED) is 0.648. The highest BCUT2D eigenvalue weighted by atomic mass is 16.6. The van der Waals surface area contributed by atoms with E-state index < -0.39 is 23.7 Å². The van der Waals surface area contributed by atoms with Crippen LogP contribution in [0.5, 0.6) is 0 Å². The second kappa shape index (κ2) is 8.33. The average molecular weight is 451 g/mol. The van der Waals surface area contributed by atoms with Crippen LogP contribution in [0, 0.1) is 23.2 Å². The summed E-state index contributed by atoms with van der Waals surface area (Å²) in [6, 6.07) is 7.08. The summed E-state index contributed by atoms with van der Waals surface area (Å²) in [7, 11) is 0. The topological polar surface area (TPSA) is 145 Å². The van der Waals surface area contributed by atoms with Gasteiger partial charge in [0, 0.05) is 30.2 Å². The normalized spacial score (nSPS) is 22.1. The third-order valence-electron chi connectivity index (χ3n) is 5.49. The summed E-state index contributed by atoms with van der Waals surface area (Å²) in [6.07, 6.45) is 0.620. The first-order valence-corrected chi connectivity index (χ1v) is 10.7. The molecular weight excluding hydrogens is 426 g/mol. The maximum Gasteiger partial charge on any atom is 0.412 e. The van der Waals surface area contributed by atoms with Crippen LogP contribution in [0.15, 0.2) is 24.4 Å². The lowest BCUT2D eigenvalue weighted by atomic mass is 10.1. The molecule has 1 saturated carbocycles. The highest BCUT2D eigenvalue weighted by Crippen LogP contribution is 2.39. The number of carbonyl (C=O) groups excluding carboxylic acids is 3. The molecule has 172 valence electrons. The molecule has 1 aromatic carbocycles. The van der Waals surface area contributed by atoms with Gasteiger partial charge in [-0.05, 0) is 50.8 Å². The molecule has 1 aliphatic carbocycles. The van der Waals surface area contributed by atoms with Crippen LogP contribution < -0.4 is 15.5 Å². The highest BCUT2D eigenvalue weighted by Gasteiger charge is 2.43. The minimum Gasteiger partial charge on any atom is -0.444 e. The number of ether oxygens (including phenoxy) is 1. The van der Waals surface area contributed by atoms with E-state index in [0.717, 1.165) is 0 Å². The number of carbonyl (C=O) groups is 3. The lowest BCUT2D eigenvalue weighted by molar-refractivity contribution is -0.124. The van der Waals surface area contributed by atoms with E-state index in [-0.39, 0.29) is 17.7 Å². The Morgan fingerprint density at radius 3 is 2.64 bits per heavy atom. The van der Waals surface area contributed by atoms with E-state index in [4.69, 9.17) is 10.00 Å². The number of benzene rings is 1. The number of nitrogens with one attached hydrogen (secondary N) is 2. The van der Waals surface area contributed by atoms with E-state index in [1.165, 1.54) is 11.1 Å². The summed E-state index contributed by atoms with van der Waals surface area (Å²) < 4.78 is 5.35. The molecule has 1 saturated heterocycles. The van der Waals surface area contributed by atoms with E-state index >= 15 is 0 Å². The van der Waals surface area contributed by atoms with Crippen molar-refractivity contribution in [3.05, 3.63) is 24.4 Å². The average Bonchev–Trinajstić information content (AvgIpc) is 3.45. The van der Waals surface area contributed by atoms with E-state index in [0.29, 0.717) is 47.4 Å². The van der Waals surface area contributed by atoms with Crippen molar-refractivity contribution in [2.45, 2.75) is 45.3 Å². The Hall–Kier alpha value is -3.71. The maximum atomic E-state index is 12.4. The number of rotatable bonds is 4. The number of aliphatic hydroxyl groups excluding tert-OH is 1. The van der Waals surface area contributed by atoms with Crippen molar-refractivity contribution >= 4 is 45.9 Å². The van der Waals surface area contributed by atoms with Crippen LogP contribution in [-0.4, -0.2) is 46.2 Å². The Balaban J connectivity index is 1.68. The van der Waals surface area contributed by atoms with Gasteiger partial charge in [0.1, 0.15) is 17.5 Å². The molecule has 4 rings (SSSR count). The fraction of sp³-hybridized carbons (Fsp3) is 0.435. The fourth-order valence-corrected chi connectivity index (χ4v) is 3.75. The minimum absolute atomic E-state index is 0.269. The smallest absolute Gasteiger partial charge is 0.412 e. The van der Waals surface area contributed by atoms with E-state index in [1.54, 1.807) is 39.0 Å². The molecule has 10 nitrogen and oxygen atoms in total. The zero-order chi connectivity index (χ0) is 23.9. The lowest BCUT2D eigenvalue weighted by Crippen LogP contribution is -2.29. The summed E-state index contributed by atoms with van der Waals surface area (Å²) in [6.45, 7) is 5.58. The fourth-order valence-electron chi connectivity index (χ4n) is 3.75. The zero-order valence-corrected chi connectivity index (χ0v) is 18.6. The summed E-state index contributed by atoms with van der Waals surface area (Å²) in [5, 5.41) is 25.4. The molecule has 2 aliphatic rings. The van der Waals surface area contributed by atoms with Gasteiger partial charge in [-0.3, -0.25) is 14.9 Å². The van der Waals surface area contributed by atoms with Gasteiger partial charge < -0.3 is 20.1 Å². The van der Waals surface area contributed by atoms with Crippen molar-refractivity contribution in [3.63, 3.8) is 0 Å². The second-order valence-electron chi connectivity index (χ2n) is 9.27. The monoisotopic (exact) mass is 451 g/mol. The van der Waals surface area contributed by atoms with Crippen molar-refractivity contribution in [1.29, 1.82) is 5.26 Å². The Morgan fingerprint density at radius 2 is 2.03 bits per heavy atom. The molecule has 0 spiro atoms. The molecular formula is C23H25N5O5. The molecule has 3 atom stereocenters. The molecule has 3 amide bonds. The molecule has 1 aliphatic heterocycles. The predicted molar refractivity (Wildman–Crippen MR) is 120 cm³/mol. The van der Waals surface area contributed by atoms with Gasteiger partial charge in [0.05, 0.1) is 23.6 Å². The first kappa shape index (κ1) is 22.5. The van der Waals surface area contributed by atoms with Gasteiger partial charge in [0.2, 0.25) is 5.91 Å². The van der Waals surface area contributed by atoms with Gasteiger partial charge in [-0.25, -0.2) is 9.78 Å². The molecule has 2 fully saturated rings. The molecule has 2 heterocycles. The van der Waals surface area contributed by atoms with Crippen molar-refractivity contribution in [2.24, 2.45) is 11.8 Å². The minimum atomic E-state index is -1.07. The molecule has 33 heavy (non-hydrogen) atoms. The van der Waals surface area contributed by atoms with Crippen LogP contribution >= 0.6 is 0 Å². The predicted octanol–water partition coefficient (Wildman–Crippen LogP) is 2.78.